The van der Waals surface area contributed by atoms with Gasteiger partial charge in [-0.25, -0.2) is 8.42 Å². The average Bonchev–Trinajstić information content (AvgIpc) is 2.60. The molecule has 1 aliphatic heterocycles. The van der Waals surface area contributed by atoms with Crippen LogP contribution in [0.5, 0.6) is 0 Å². The highest BCUT2D eigenvalue weighted by molar-refractivity contribution is 7.91. The molecule has 0 saturated carbocycles. The molecule has 0 aromatic carbocycles. The normalized spacial score (nSPS) is 25.6. The van der Waals surface area contributed by atoms with Gasteiger partial charge in [0, 0.05) is 6.54 Å². The third-order valence-electron chi connectivity index (χ3n) is 3.23. The van der Waals surface area contributed by atoms with Gasteiger partial charge in [-0.05, 0) is 7.05 Å². The minimum atomic E-state index is -3.17. The predicted molar refractivity (Wildman–Crippen MR) is 78.9 cm³/mol. The highest BCUT2D eigenvalue weighted by Crippen LogP contribution is 2.17. The highest BCUT2D eigenvalue weighted by atomic mass is 35.5. The number of amides is 1. The molecule has 7 nitrogen and oxygen atoms in total. The second-order valence-electron chi connectivity index (χ2n) is 5.39. The van der Waals surface area contributed by atoms with E-state index in [9.17, 15) is 18.0 Å². The summed E-state index contributed by atoms with van der Waals surface area (Å²) in [7, 11) is -0.165. The molecule has 9 heteroatoms. The number of ether oxygens (including phenoxy) is 1. The molecule has 1 heterocycles. The van der Waals surface area contributed by atoms with Crippen molar-refractivity contribution in [1.82, 2.24) is 10.2 Å². The van der Waals surface area contributed by atoms with Crippen LogP contribution < -0.4 is 5.32 Å². The molecule has 1 amide bonds. The highest BCUT2D eigenvalue weighted by Gasteiger charge is 2.37. The van der Waals surface area contributed by atoms with Gasteiger partial charge < -0.3 is 10.1 Å². The van der Waals surface area contributed by atoms with Gasteiger partial charge in [0.05, 0.1) is 42.5 Å². The lowest BCUT2D eigenvalue weighted by molar-refractivity contribution is -0.145. The number of rotatable bonds is 6. The van der Waals surface area contributed by atoms with Crippen LogP contribution in [0.1, 0.15) is 6.92 Å². The van der Waals surface area contributed by atoms with Crippen LogP contribution in [-0.2, 0) is 24.2 Å². The van der Waals surface area contributed by atoms with Crippen molar-refractivity contribution in [3.63, 3.8) is 0 Å². The van der Waals surface area contributed by atoms with Crippen LogP contribution in [0, 0.1) is 5.92 Å². The van der Waals surface area contributed by atoms with Crippen LogP contribution >= 0.6 is 11.6 Å². The van der Waals surface area contributed by atoms with Crippen LogP contribution in [-0.4, -0.2) is 75.4 Å². The third kappa shape index (κ3) is 5.80. The SMILES string of the molecule is COC(=O)C(C)CN(C)CC(=O)NC1CS(=O)(=O)CC1Cl. The predicted octanol–water partition coefficient (Wildman–Crippen LogP) is -0.752. The van der Waals surface area contributed by atoms with Gasteiger partial charge in [0.2, 0.25) is 5.91 Å². The van der Waals surface area contributed by atoms with Gasteiger partial charge in [-0.15, -0.1) is 11.6 Å². The van der Waals surface area contributed by atoms with E-state index in [1.807, 2.05) is 0 Å². The fraction of sp³-hybridized carbons (Fsp3) is 0.833. The Labute approximate surface area is 129 Å². The van der Waals surface area contributed by atoms with Crippen molar-refractivity contribution >= 4 is 33.3 Å². The van der Waals surface area contributed by atoms with E-state index in [0.29, 0.717) is 6.54 Å². The molecule has 0 aliphatic carbocycles. The standard InChI is InChI=1S/C12H21ClN2O5S/c1-8(12(17)20-3)4-15(2)5-11(16)14-10-7-21(18,19)6-9(10)13/h8-10H,4-7H2,1-3H3,(H,14,16). The van der Waals surface area contributed by atoms with E-state index < -0.39 is 21.3 Å². The minimum Gasteiger partial charge on any atom is -0.469 e. The zero-order valence-corrected chi connectivity index (χ0v) is 13.9. The summed E-state index contributed by atoms with van der Waals surface area (Å²) in [6, 6.07) is -0.560. The number of methoxy groups -OCH3 is 1. The van der Waals surface area contributed by atoms with Gasteiger partial charge in [-0.2, -0.15) is 0 Å². The molecule has 1 N–H and O–H groups in total. The average molecular weight is 341 g/mol. The summed E-state index contributed by atoms with van der Waals surface area (Å²) in [6.45, 7) is 2.13. The van der Waals surface area contributed by atoms with Gasteiger partial charge in [0.15, 0.2) is 9.84 Å². The summed E-state index contributed by atoms with van der Waals surface area (Å²) in [5.41, 5.74) is 0. The number of hydrogen-bond acceptors (Lipinski definition) is 6. The molecule has 1 aliphatic rings. The van der Waals surface area contributed by atoms with Gasteiger partial charge in [0.1, 0.15) is 0 Å². The van der Waals surface area contributed by atoms with E-state index in [1.54, 1.807) is 18.9 Å². The van der Waals surface area contributed by atoms with Crippen molar-refractivity contribution in [3.8, 4) is 0 Å². The third-order valence-corrected chi connectivity index (χ3v) is 5.61. The molecular formula is C12H21ClN2O5S. The monoisotopic (exact) mass is 340 g/mol. The van der Waals surface area contributed by atoms with Gasteiger partial charge in [-0.3, -0.25) is 14.5 Å². The van der Waals surface area contributed by atoms with Crippen LogP contribution in [0.4, 0.5) is 0 Å². The van der Waals surface area contributed by atoms with Gasteiger partial charge >= 0.3 is 5.97 Å². The molecule has 3 atom stereocenters. The van der Waals surface area contributed by atoms with Crippen LogP contribution in [0.15, 0.2) is 0 Å². The van der Waals surface area contributed by atoms with E-state index in [0.717, 1.165) is 0 Å². The minimum absolute atomic E-state index is 0.0570. The molecule has 1 saturated heterocycles. The Bertz CT molecular complexity index is 496. The Morgan fingerprint density at radius 2 is 2.05 bits per heavy atom. The lowest BCUT2D eigenvalue weighted by atomic mass is 10.2. The number of halogens is 1. The first-order valence-electron chi connectivity index (χ1n) is 6.55. The number of nitrogens with one attached hydrogen (secondary N) is 1. The number of nitrogens with zero attached hydrogens (tertiary/aromatic N) is 1. The van der Waals surface area contributed by atoms with Crippen molar-refractivity contribution in [1.29, 1.82) is 0 Å². The van der Waals surface area contributed by atoms with E-state index in [-0.39, 0.29) is 35.8 Å². The molecule has 0 bridgehead atoms. The first-order chi connectivity index (χ1) is 9.64. The molecule has 122 valence electrons. The lowest BCUT2D eigenvalue weighted by Gasteiger charge is -2.21. The molecule has 0 radical (unpaired) electrons. The molecule has 3 unspecified atom stereocenters. The zero-order valence-electron chi connectivity index (χ0n) is 12.3. The number of carbonyl (C=O) groups is 2. The van der Waals surface area contributed by atoms with Crippen LogP contribution in [0.2, 0.25) is 0 Å². The largest absolute Gasteiger partial charge is 0.469 e. The molecule has 21 heavy (non-hydrogen) atoms. The Kier molecular flexibility index (Phi) is 6.42. The number of sulfone groups is 1. The number of esters is 1. The van der Waals surface area contributed by atoms with E-state index in [4.69, 9.17) is 11.6 Å². The number of hydrogen-bond donors (Lipinski definition) is 1. The summed E-state index contributed by atoms with van der Waals surface area (Å²) < 4.78 is 27.4. The maximum Gasteiger partial charge on any atom is 0.309 e. The Morgan fingerprint density at radius 1 is 1.43 bits per heavy atom. The molecule has 0 aromatic heterocycles. The maximum atomic E-state index is 11.9. The Morgan fingerprint density at radius 3 is 2.52 bits per heavy atom. The van der Waals surface area contributed by atoms with Crippen molar-refractivity contribution in [2.24, 2.45) is 5.92 Å². The second-order valence-corrected chi connectivity index (χ2v) is 8.10. The summed E-state index contributed by atoms with van der Waals surface area (Å²) in [5.74, 6) is -1.25. The number of likely N-dealkylation sites (N-methyl/N-ethyl adjacent to an activating group) is 1. The smallest absolute Gasteiger partial charge is 0.309 e. The molecular weight excluding hydrogens is 320 g/mol. The van der Waals surface area contributed by atoms with Gasteiger partial charge in [0.25, 0.3) is 0 Å². The van der Waals surface area contributed by atoms with Crippen molar-refractivity contribution in [2.75, 3.05) is 38.8 Å². The van der Waals surface area contributed by atoms with E-state index >= 15 is 0 Å². The first kappa shape index (κ1) is 18.2. The second kappa shape index (κ2) is 7.42. The summed E-state index contributed by atoms with van der Waals surface area (Å²) in [4.78, 5) is 24.8. The molecule has 1 fully saturated rings. The van der Waals surface area contributed by atoms with Gasteiger partial charge in [-0.1, -0.05) is 6.92 Å². The van der Waals surface area contributed by atoms with Crippen LogP contribution in [0.3, 0.4) is 0 Å². The summed E-state index contributed by atoms with van der Waals surface area (Å²) >= 11 is 5.92. The van der Waals surface area contributed by atoms with E-state index in [1.165, 1.54) is 7.11 Å². The molecule has 1 rings (SSSR count). The Hall–Kier alpha value is -0.860. The zero-order chi connectivity index (χ0) is 16.2. The fourth-order valence-corrected chi connectivity index (χ4v) is 4.79. The van der Waals surface area contributed by atoms with Crippen molar-refractivity contribution in [2.45, 2.75) is 18.3 Å². The van der Waals surface area contributed by atoms with E-state index in [2.05, 4.69) is 10.1 Å². The first-order valence-corrected chi connectivity index (χ1v) is 8.80. The lowest BCUT2D eigenvalue weighted by Crippen LogP contribution is -2.45. The van der Waals surface area contributed by atoms with Crippen molar-refractivity contribution in [3.05, 3.63) is 0 Å². The molecule has 0 spiro atoms. The number of carbonyl (C=O) groups excluding carboxylic acids is 2. The fourth-order valence-electron chi connectivity index (χ4n) is 2.24. The topological polar surface area (TPSA) is 92.8 Å². The summed E-state index contributed by atoms with van der Waals surface area (Å²) in [5, 5.41) is 2.02. The maximum absolute atomic E-state index is 11.9. The number of alkyl halides is 1. The van der Waals surface area contributed by atoms with Crippen molar-refractivity contribution < 1.29 is 22.7 Å². The summed E-state index contributed by atoms with van der Waals surface area (Å²) in [6.07, 6.45) is 0. The quantitative estimate of drug-likeness (QED) is 0.505. The molecule has 0 aromatic rings. The Balaban J connectivity index is 2.42. The van der Waals surface area contributed by atoms with Crippen LogP contribution in [0.25, 0.3) is 0 Å².